The van der Waals surface area contributed by atoms with E-state index in [0.29, 0.717) is 0 Å². The lowest BCUT2D eigenvalue weighted by atomic mass is 9.90. The lowest BCUT2D eigenvalue weighted by Gasteiger charge is -2.16. The van der Waals surface area contributed by atoms with E-state index >= 15 is 0 Å². The molecule has 12 heavy (non-hydrogen) atoms. The van der Waals surface area contributed by atoms with Gasteiger partial charge in [-0.15, -0.1) is 0 Å². The van der Waals surface area contributed by atoms with Crippen LogP contribution in [0.4, 0.5) is 0 Å². The van der Waals surface area contributed by atoms with Crippen LogP contribution in [0, 0.1) is 11.8 Å². The summed E-state index contributed by atoms with van der Waals surface area (Å²) in [5, 5.41) is 0. The van der Waals surface area contributed by atoms with Gasteiger partial charge in [0, 0.05) is 0 Å². The quantitative estimate of drug-likeness (QED) is 0.533. The van der Waals surface area contributed by atoms with Gasteiger partial charge in [-0.2, -0.15) is 0 Å². The highest BCUT2D eigenvalue weighted by molar-refractivity contribution is 5.03. The van der Waals surface area contributed by atoms with Crippen LogP contribution in [0.3, 0.4) is 0 Å². The molecule has 0 aromatic carbocycles. The molecule has 0 bridgehead atoms. The standard InChI is InChI=1S/C12H24/c1-6-11(7-2)9-12(8-3)10(4)5/h9-10,12H,6-8H2,1-5H3. The Labute approximate surface area is 78.1 Å². The average Bonchev–Trinajstić information content (AvgIpc) is 2.06. The molecule has 0 nitrogen and oxygen atoms in total. The molecule has 0 heteroatoms. The molecule has 0 radical (unpaired) electrons. The first-order valence-electron chi connectivity index (χ1n) is 5.35. The fraction of sp³-hybridized carbons (Fsp3) is 0.833. The summed E-state index contributed by atoms with van der Waals surface area (Å²) < 4.78 is 0. The Hall–Kier alpha value is -0.260. The van der Waals surface area contributed by atoms with Crippen LogP contribution in [0.2, 0.25) is 0 Å². The molecule has 0 aliphatic heterocycles. The van der Waals surface area contributed by atoms with E-state index in [-0.39, 0.29) is 0 Å². The van der Waals surface area contributed by atoms with E-state index in [9.17, 15) is 0 Å². The van der Waals surface area contributed by atoms with Crippen LogP contribution in [0.25, 0.3) is 0 Å². The van der Waals surface area contributed by atoms with Crippen molar-refractivity contribution in [2.75, 3.05) is 0 Å². The van der Waals surface area contributed by atoms with Crippen LogP contribution in [0.5, 0.6) is 0 Å². The van der Waals surface area contributed by atoms with Crippen molar-refractivity contribution in [3.8, 4) is 0 Å². The first-order chi connectivity index (χ1) is 5.65. The molecule has 0 aliphatic rings. The molecule has 1 unspecified atom stereocenters. The normalized spacial score (nSPS) is 13.2. The van der Waals surface area contributed by atoms with Gasteiger partial charge in [-0.25, -0.2) is 0 Å². The number of hydrogen-bond donors (Lipinski definition) is 0. The minimum absolute atomic E-state index is 0.792. The Bertz CT molecular complexity index is 125. The van der Waals surface area contributed by atoms with Gasteiger partial charge in [0.1, 0.15) is 0 Å². The monoisotopic (exact) mass is 168 g/mol. The van der Waals surface area contributed by atoms with Crippen molar-refractivity contribution < 1.29 is 0 Å². The molecule has 0 aromatic heterocycles. The molecule has 0 fully saturated rings. The third-order valence-corrected chi connectivity index (χ3v) is 2.69. The largest absolute Gasteiger partial charge is 0.0820 e. The Balaban J connectivity index is 4.22. The summed E-state index contributed by atoms with van der Waals surface area (Å²) in [4.78, 5) is 0. The summed E-state index contributed by atoms with van der Waals surface area (Å²) in [6.07, 6.45) is 6.21. The van der Waals surface area contributed by atoms with Crippen LogP contribution in [-0.2, 0) is 0 Å². The maximum atomic E-state index is 2.49. The van der Waals surface area contributed by atoms with Crippen LogP contribution in [-0.4, -0.2) is 0 Å². The Kier molecular flexibility index (Phi) is 6.14. The van der Waals surface area contributed by atoms with Crippen molar-refractivity contribution in [2.45, 2.75) is 53.9 Å². The molecule has 0 spiro atoms. The molecule has 0 rings (SSSR count). The van der Waals surface area contributed by atoms with Crippen molar-refractivity contribution in [3.05, 3.63) is 11.6 Å². The predicted molar refractivity (Wildman–Crippen MR) is 57.3 cm³/mol. The van der Waals surface area contributed by atoms with Gasteiger partial charge in [0.25, 0.3) is 0 Å². The molecule has 0 aromatic rings. The highest BCUT2D eigenvalue weighted by Crippen LogP contribution is 2.20. The zero-order chi connectivity index (χ0) is 9.56. The fourth-order valence-corrected chi connectivity index (χ4v) is 1.57. The zero-order valence-corrected chi connectivity index (χ0v) is 9.35. The molecule has 0 amide bonds. The van der Waals surface area contributed by atoms with Gasteiger partial charge in [-0.1, -0.05) is 46.3 Å². The summed E-state index contributed by atoms with van der Waals surface area (Å²) in [5.74, 6) is 1.59. The zero-order valence-electron chi connectivity index (χ0n) is 9.35. The van der Waals surface area contributed by atoms with E-state index in [2.05, 4.69) is 40.7 Å². The van der Waals surface area contributed by atoms with Crippen LogP contribution >= 0.6 is 0 Å². The van der Waals surface area contributed by atoms with Gasteiger partial charge in [0.15, 0.2) is 0 Å². The van der Waals surface area contributed by atoms with E-state index in [1.54, 1.807) is 5.57 Å². The lowest BCUT2D eigenvalue weighted by Crippen LogP contribution is -2.04. The van der Waals surface area contributed by atoms with Crippen LogP contribution in [0.1, 0.15) is 53.9 Å². The van der Waals surface area contributed by atoms with Crippen molar-refractivity contribution in [1.82, 2.24) is 0 Å². The average molecular weight is 168 g/mol. The van der Waals surface area contributed by atoms with Gasteiger partial charge < -0.3 is 0 Å². The number of rotatable bonds is 5. The Morgan fingerprint density at radius 1 is 1.08 bits per heavy atom. The molecule has 0 heterocycles. The van der Waals surface area contributed by atoms with Crippen LogP contribution in [0.15, 0.2) is 11.6 Å². The van der Waals surface area contributed by atoms with E-state index in [0.717, 1.165) is 11.8 Å². The maximum absolute atomic E-state index is 2.49. The fourth-order valence-electron chi connectivity index (χ4n) is 1.57. The van der Waals surface area contributed by atoms with Crippen molar-refractivity contribution in [2.24, 2.45) is 11.8 Å². The third-order valence-electron chi connectivity index (χ3n) is 2.69. The van der Waals surface area contributed by atoms with E-state index in [1.807, 2.05) is 0 Å². The molecule has 72 valence electrons. The third kappa shape index (κ3) is 3.94. The SMILES string of the molecule is CCC(=CC(CC)C(C)C)CC. The summed E-state index contributed by atoms with van der Waals surface area (Å²) in [6.45, 7) is 11.4. The molecule has 1 atom stereocenters. The number of hydrogen-bond acceptors (Lipinski definition) is 0. The Morgan fingerprint density at radius 2 is 1.58 bits per heavy atom. The summed E-state index contributed by atoms with van der Waals surface area (Å²) >= 11 is 0. The maximum Gasteiger partial charge on any atom is -0.0210 e. The Morgan fingerprint density at radius 3 is 1.83 bits per heavy atom. The van der Waals surface area contributed by atoms with Gasteiger partial charge in [0.2, 0.25) is 0 Å². The topological polar surface area (TPSA) is 0 Å². The van der Waals surface area contributed by atoms with Crippen molar-refractivity contribution >= 4 is 0 Å². The van der Waals surface area contributed by atoms with Gasteiger partial charge in [-0.05, 0) is 31.1 Å². The van der Waals surface area contributed by atoms with Crippen LogP contribution < -0.4 is 0 Å². The smallest absolute Gasteiger partial charge is 0.0210 e. The lowest BCUT2D eigenvalue weighted by molar-refractivity contribution is 0.449. The first kappa shape index (κ1) is 11.7. The highest BCUT2D eigenvalue weighted by Gasteiger charge is 2.07. The molecule has 0 aliphatic carbocycles. The summed E-state index contributed by atoms with van der Waals surface area (Å²) in [5.41, 5.74) is 1.62. The predicted octanol–water partition coefficient (Wildman–Crippen LogP) is 4.42. The minimum atomic E-state index is 0.792. The second-order valence-corrected chi connectivity index (χ2v) is 3.85. The summed E-state index contributed by atoms with van der Waals surface area (Å²) in [6, 6.07) is 0. The highest BCUT2D eigenvalue weighted by atomic mass is 14.1. The van der Waals surface area contributed by atoms with Gasteiger partial charge >= 0.3 is 0 Å². The van der Waals surface area contributed by atoms with Gasteiger partial charge in [0.05, 0.1) is 0 Å². The molecular formula is C12H24. The van der Waals surface area contributed by atoms with E-state index in [4.69, 9.17) is 0 Å². The first-order valence-corrected chi connectivity index (χ1v) is 5.35. The van der Waals surface area contributed by atoms with Gasteiger partial charge in [-0.3, -0.25) is 0 Å². The van der Waals surface area contributed by atoms with E-state index in [1.165, 1.54) is 19.3 Å². The second kappa shape index (κ2) is 6.28. The molecule has 0 N–H and O–H groups in total. The number of allylic oxidation sites excluding steroid dienone is 2. The minimum Gasteiger partial charge on any atom is -0.0820 e. The van der Waals surface area contributed by atoms with Crippen molar-refractivity contribution in [1.29, 1.82) is 0 Å². The second-order valence-electron chi connectivity index (χ2n) is 3.85. The molecule has 0 saturated heterocycles. The molecule has 0 saturated carbocycles. The van der Waals surface area contributed by atoms with E-state index < -0.39 is 0 Å². The van der Waals surface area contributed by atoms with Crippen molar-refractivity contribution in [3.63, 3.8) is 0 Å². The summed E-state index contributed by atoms with van der Waals surface area (Å²) in [7, 11) is 0. The molecular weight excluding hydrogens is 144 g/mol.